The summed E-state index contributed by atoms with van der Waals surface area (Å²) in [6.07, 6.45) is 1.34. The summed E-state index contributed by atoms with van der Waals surface area (Å²) in [4.78, 5) is 29.2. The quantitative estimate of drug-likeness (QED) is 0.336. The van der Waals surface area contributed by atoms with Crippen LogP contribution in [-0.2, 0) is 32.6 Å². The first-order chi connectivity index (χ1) is 19.0. The molecule has 0 radical (unpaired) electrons. The minimum absolute atomic E-state index is 0.142. The fraction of sp³-hybridized carbons (Fsp3) is 0.355. The van der Waals surface area contributed by atoms with Gasteiger partial charge in [0.2, 0.25) is 21.8 Å². The highest BCUT2D eigenvalue weighted by atomic mass is 32.2. The number of carbonyl (C=O) groups is 2. The van der Waals surface area contributed by atoms with Crippen molar-refractivity contribution in [1.82, 2.24) is 10.2 Å². The maximum atomic E-state index is 14.1. The Hall–Kier alpha value is -3.85. The Kier molecular flexibility index (Phi) is 10.7. The molecule has 214 valence electrons. The molecule has 0 unspecified atom stereocenters. The highest BCUT2D eigenvalue weighted by Gasteiger charge is 2.33. The average molecular weight is 566 g/mol. The van der Waals surface area contributed by atoms with Gasteiger partial charge in [-0.3, -0.25) is 13.9 Å². The first kappa shape index (κ1) is 30.7. The van der Waals surface area contributed by atoms with Crippen LogP contribution in [0.25, 0.3) is 0 Å². The van der Waals surface area contributed by atoms with Crippen LogP contribution in [0.1, 0.15) is 30.5 Å². The van der Waals surface area contributed by atoms with Gasteiger partial charge in [0.25, 0.3) is 0 Å². The maximum Gasteiger partial charge on any atom is 0.244 e. The van der Waals surface area contributed by atoms with Crippen molar-refractivity contribution >= 4 is 27.5 Å². The Bertz CT molecular complexity index is 1390. The van der Waals surface area contributed by atoms with Crippen LogP contribution >= 0.6 is 0 Å². The number of nitrogens with one attached hydrogen (secondary N) is 1. The largest absolute Gasteiger partial charge is 0.497 e. The molecule has 0 saturated heterocycles. The molecule has 0 aliphatic rings. The van der Waals surface area contributed by atoms with Gasteiger partial charge in [-0.1, -0.05) is 80.1 Å². The summed E-state index contributed by atoms with van der Waals surface area (Å²) in [7, 11) is -2.36. The number of rotatable bonds is 13. The van der Waals surface area contributed by atoms with Gasteiger partial charge in [0, 0.05) is 25.6 Å². The first-order valence-electron chi connectivity index (χ1n) is 13.3. The number of benzene rings is 3. The lowest BCUT2D eigenvalue weighted by molar-refractivity contribution is -0.140. The van der Waals surface area contributed by atoms with Crippen molar-refractivity contribution in [3.05, 3.63) is 95.6 Å². The fourth-order valence-corrected chi connectivity index (χ4v) is 5.20. The predicted molar refractivity (Wildman–Crippen MR) is 159 cm³/mol. The molecule has 3 aromatic rings. The van der Waals surface area contributed by atoms with Crippen molar-refractivity contribution in [3.8, 4) is 5.75 Å². The minimum atomic E-state index is -3.85. The Morgan fingerprint density at radius 2 is 1.60 bits per heavy atom. The van der Waals surface area contributed by atoms with Gasteiger partial charge in [0.15, 0.2) is 0 Å². The fourth-order valence-electron chi connectivity index (χ4n) is 4.36. The number of ether oxygens (including phenoxy) is 1. The lowest BCUT2D eigenvalue weighted by Crippen LogP contribution is -2.53. The van der Waals surface area contributed by atoms with Crippen molar-refractivity contribution < 1.29 is 22.7 Å². The molecule has 0 spiro atoms. The summed E-state index contributed by atoms with van der Waals surface area (Å²) in [5.41, 5.74) is 3.05. The normalized spacial score (nSPS) is 12.1. The van der Waals surface area contributed by atoms with E-state index in [4.69, 9.17) is 4.74 Å². The van der Waals surface area contributed by atoms with Crippen molar-refractivity contribution in [3.63, 3.8) is 0 Å². The molecule has 0 aliphatic heterocycles. The molecule has 0 saturated carbocycles. The lowest BCUT2D eigenvalue weighted by atomic mass is 10.0. The minimum Gasteiger partial charge on any atom is -0.497 e. The number of aryl methyl sites for hydroxylation is 1. The third-order valence-corrected chi connectivity index (χ3v) is 7.55. The smallest absolute Gasteiger partial charge is 0.244 e. The second-order valence-corrected chi connectivity index (χ2v) is 12.2. The van der Waals surface area contributed by atoms with Gasteiger partial charge >= 0.3 is 0 Å². The lowest BCUT2D eigenvalue weighted by Gasteiger charge is -2.33. The van der Waals surface area contributed by atoms with E-state index >= 15 is 0 Å². The Morgan fingerprint density at radius 3 is 2.23 bits per heavy atom. The average Bonchev–Trinajstić information content (AvgIpc) is 2.92. The van der Waals surface area contributed by atoms with Gasteiger partial charge in [-0.25, -0.2) is 8.42 Å². The standard InChI is InChI=1S/C31H39N3O5S/c1-23(2)20-32-31(36)29(18-25-12-7-6-8-13-25)33(21-26-14-9-11-24(3)17-26)30(35)22-34(40(5,37)38)27-15-10-16-28(19-27)39-4/h6-17,19,23,29H,18,20-22H2,1-5H3,(H,32,36)/t29-/m1/s1. The monoisotopic (exact) mass is 565 g/mol. The molecule has 1 atom stereocenters. The second kappa shape index (κ2) is 14.0. The molecular weight excluding hydrogens is 526 g/mol. The molecule has 40 heavy (non-hydrogen) atoms. The van der Waals surface area contributed by atoms with Crippen LogP contribution in [0, 0.1) is 12.8 Å². The van der Waals surface area contributed by atoms with E-state index in [0.717, 1.165) is 27.3 Å². The summed E-state index contributed by atoms with van der Waals surface area (Å²) >= 11 is 0. The molecule has 2 amide bonds. The van der Waals surface area contributed by atoms with E-state index in [1.807, 2.05) is 75.4 Å². The van der Waals surface area contributed by atoms with Gasteiger partial charge < -0.3 is 15.0 Å². The van der Waals surface area contributed by atoms with Crippen LogP contribution in [0.5, 0.6) is 5.75 Å². The zero-order valence-corrected chi connectivity index (χ0v) is 24.6. The molecule has 0 bridgehead atoms. The first-order valence-corrected chi connectivity index (χ1v) is 15.1. The van der Waals surface area contributed by atoms with E-state index in [1.165, 1.54) is 12.0 Å². The van der Waals surface area contributed by atoms with Crippen LogP contribution in [0.4, 0.5) is 5.69 Å². The van der Waals surface area contributed by atoms with E-state index in [0.29, 0.717) is 18.0 Å². The number of methoxy groups -OCH3 is 1. The topological polar surface area (TPSA) is 96.0 Å². The molecular formula is C31H39N3O5S. The van der Waals surface area contributed by atoms with Crippen molar-refractivity contribution in [2.45, 2.75) is 39.8 Å². The number of anilines is 1. The predicted octanol–water partition coefficient (Wildman–Crippen LogP) is 4.18. The number of hydrogen-bond acceptors (Lipinski definition) is 5. The molecule has 3 aromatic carbocycles. The van der Waals surface area contributed by atoms with E-state index < -0.39 is 28.5 Å². The molecule has 0 aliphatic carbocycles. The second-order valence-electron chi connectivity index (χ2n) is 10.3. The highest BCUT2D eigenvalue weighted by molar-refractivity contribution is 7.92. The van der Waals surface area contributed by atoms with E-state index in [1.54, 1.807) is 24.3 Å². The van der Waals surface area contributed by atoms with Crippen molar-refractivity contribution in [2.75, 3.05) is 30.8 Å². The Balaban J connectivity index is 2.05. The van der Waals surface area contributed by atoms with Gasteiger partial charge in [0.05, 0.1) is 19.1 Å². The van der Waals surface area contributed by atoms with E-state index in [-0.39, 0.29) is 24.8 Å². The van der Waals surface area contributed by atoms with Crippen molar-refractivity contribution in [1.29, 1.82) is 0 Å². The van der Waals surface area contributed by atoms with Crippen LogP contribution in [0.3, 0.4) is 0 Å². The highest BCUT2D eigenvalue weighted by Crippen LogP contribution is 2.24. The molecule has 0 fully saturated rings. The van der Waals surface area contributed by atoms with Gasteiger partial charge in [0.1, 0.15) is 18.3 Å². The number of amides is 2. The SMILES string of the molecule is COc1cccc(N(CC(=O)N(Cc2cccc(C)c2)[C@H](Cc2ccccc2)C(=O)NCC(C)C)S(C)(=O)=O)c1. The molecule has 1 N–H and O–H groups in total. The van der Waals surface area contributed by atoms with Crippen LogP contribution < -0.4 is 14.4 Å². The van der Waals surface area contributed by atoms with Crippen LogP contribution in [0.2, 0.25) is 0 Å². The molecule has 8 nitrogen and oxygen atoms in total. The maximum absolute atomic E-state index is 14.1. The third-order valence-electron chi connectivity index (χ3n) is 6.41. The number of carbonyl (C=O) groups excluding carboxylic acids is 2. The van der Waals surface area contributed by atoms with Gasteiger partial charge in [-0.15, -0.1) is 0 Å². The molecule has 3 rings (SSSR count). The summed E-state index contributed by atoms with van der Waals surface area (Å²) in [5, 5.41) is 2.98. The third kappa shape index (κ3) is 8.84. The van der Waals surface area contributed by atoms with Gasteiger partial charge in [-0.05, 0) is 36.1 Å². The summed E-state index contributed by atoms with van der Waals surface area (Å²) in [5.74, 6) is -0.0949. The number of sulfonamides is 1. The van der Waals surface area contributed by atoms with Crippen LogP contribution in [-0.4, -0.2) is 57.6 Å². The molecule has 9 heteroatoms. The van der Waals surface area contributed by atoms with Crippen molar-refractivity contribution in [2.24, 2.45) is 5.92 Å². The molecule has 0 aromatic heterocycles. The number of hydrogen-bond donors (Lipinski definition) is 1. The zero-order valence-electron chi connectivity index (χ0n) is 23.8. The van der Waals surface area contributed by atoms with E-state index in [9.17, 15) is 18.0 Å². The van der Waals surface area contributed by atoms with Gasteiger partial charge in [-0.2, -0.15) is 0 Å². The Labute approximate surface area is 238 Å². The number of nitrogens with zero attached hydrogens (tertiary/aromatic N) is 2. The summed E-state index contributed by atoms with van der Waals surface area (Å²) in [6, 6.07) is 22.9. The van der Waals surface area contributed by atoms with E-state index in [2.05, 4.69) is 5.32 Å². The summed E-state index contributed by atoms with van der Waals surface area (Å²) < 4.78 is 32.1. The summed E-state index contributed by atoms with van der Waals surface area (Å²) in [6.45, 7) is 6.08. The Morgan fingerprint density at radius 1 is 0.925 bits per heavy atom. The molecule has 0 heterocycles. The zero-order chi connectivity index (χ0) is 29.3. The van der Waals surface area contributed by atoms with Crippen LogP contribution in [0.15, 0.2) is 78.9 Å².